The number of esters is 4. The number of phenolic OH excluding ortho intramolecular Hbond substituents is 2. The average Bonchev–Trinajstić information content (AvgIpc) is 0.830. The number of aliphatic hydroxyl groups is 8. The molecule has 2 aliphatic heterocycles. The van der Waals surface area contributed by atoms with Crippen molar-refractivity contribution in [2.75, 3.05) is 56.9 Å². The normalized spacial score (nSPS) is 20.1. The van der Waals surface area contributed by atoms with Gasteiger partial charge < -0.3 is 98.4 Å². The number of aliphatic hydroxyl groups excluding tert-OH is 8. The van der Waals surface area contributed by atoms with Crippen molar-refractivity contribution < 1.29 is 137 Å². The van der Waals surface area contributed by atoms with Crippen molar-refractivity contribution in [3.63, 3.8) is 0 Å². The SMILES string of the molecule is C/C=C\C=C/C(=O)[C@@H](O)[C@@H](O)C/C=C/c1cc(OC)cc(O)c1C(=O)OC.C/C=C\C=C/C(=O)[C@@H](O)[C@@H](O)C/C=C/c1cc(OC)cc(OC)c1C(=O)OC.COc1cc(O)c2c(c1)/C=C/C[C@H](O)[C@H](O)C(=O)/C=C\C[C@H](C)OC2=O.COc1cc2c(c(OC)c1)C(=O)O[C@@H](C)C/C=C\C(=O)[C@@H](O)[C@@H](O)C/C=C/2. The number of ketones is 4. The number of benzene rings is 4. The first-order valence-electron chi connectivity index (χ1n) is 33.5. The van der Waals surface area contributed by atoms with Gasteiger partial charge in [-0.3, -0.25) is 19.2 Å². The summed E-state index contributed by atoms with van der Waals surface area (Å²) in [6.07, 6.45) is 17.5. The second kappa shape index (κ2) is 47.5. The van der Waals surface area contributed by atoms with Gasteiger partial charge in [0, 0.05) is 37.1 Å². The Bertz CT molecular complexity index is 4020. The fourth-order valence-corrected chi connectivity index (χ4v) is 9.73. The molecule has 0 unspecified atom stereocenters. The molecule has 6 rings (SSSR count). The molecule has 0 aliphatic carbocycles. The second-order valence-electron chi connectivity index (χ2n) is 23.5. The van der Waals surface area contributed by atoms with Crippen LogP contribution >= 0.6 is 0 Å². The van der Waals surface area contributed by atoms with Crippen LogP contribution in [-0.4, -0.2) is 216 Å². The number of hydrogen-bond donors (Lipinski definition) is 10. The first kappa shape index (κ1) is 91.1. The quantitative estimate of drug-likeness (QED) is 0.0155. The number of methoxy groups -OCH3 is 8. The van der Waals surface area contributed by atoms with E-state index >= 15 is 0 Å². The maximum absolute atomic E-state index is 12.7. The van der Waals surface area contributed by atoms with Gasteiger partial charge in [-0.05, 0) is 124 Å². The van der Waals surface area contributed by atoms with Crippen molar-refractivity contribution in [1.29, 1.82) is 0 Å². The van der Waals surface area contributed by atoms with Gasteiger partial charge in [0.1, 0.15) is 105 Å². The number of phenols is 2. The van der Waals surface area contributed by atoms with Crippen molar-refractivity contribution in [2.24, 2.45) is 0 Å². The summed E-state index contributed by atoms with van der Waals surface area (Å²) >= 11 is 0. The highest BCUT2D eigenvalue weighted by Crippen LogP contribution is 2.35. The third kappa shape index (κ3) is 28.7. The Balaban J connectivity index is 0.000000374. The van der Waals surface area contributed by atoms with Gasteiger partial charge in [-0.25, -0.2) is 19.2 Å². The first-order chi connectivity index (χ1) is 51.4. The molecule has 2 heterocycles. The van der Waals surface area contributed by atoms with Crippen LogP contribution in [0.2, 0.25) is 0 Å². The van der Waals surface area contributed by atoms with Crippen molar-refractivity contribution in [3.05, 3.63) is 190 Å². The maximum atomic E-state index is 12.7. The monoisotopic (exact) mass is 1500 g/mol. The molecule has 584 valence electrons. The molecule has 0 saturated carbocycles. The van der Waals surface area contributed by atoms with Crippen molar-refractivity contribution in [2.45, 2.75) is 127 Å². The number of ether oxygens (including phenoxy) is 10. The Morgan fingerprint density at radius 1 is 0.463 bits per heavy atom. The van der Waals surface area contributed by atoms with E-state index in [2.05, 4.69) is 4.74 Å². The van der Waals surface area contributed by atoms with Crippen LogP contribution in [0.5, 0.6) is 46.0 Å². The van der Waals surface area contributed by atoms with Gasteiger partial charge >= 0.3 is 23.9 Å². The number of hydrogen-bond acceptors (Lipinski definition) is 28. The van der Waals surface area contributed by atoms with Gasteiger partial charge in [-0.15, -0.1) is 0 Å². The zero-order valence-electron chi connectivity index (χ0n) is 62.0. The molecule has 28 nitrogen and oxygen atoms in total. The largest absolute Gasteiger partial charge is 0.507 e. The van der Waals surface area contributed by atoms with Crippen LogP contribution in [0.15, 0.2) is 146 Å². The second-order valence-corrected chi connectivity index (χ2v) is 23.5. The molecule has 0 aromatic heterocycles. The Labute approximate surface area is 626 Å². The molecular formula is C80H96O28. The third-order valence-electron chi connectivity index (χ3n) is 15.6. The van der Waals surface area contributed by atoms with Crippen LogP contribution in [0.4, 0.5) is 0 Å². The van der Waals surface area contributed by atoms with Crippen LogP contribution in [0.1, 0.15) is 130 Å². The molecule has 28 heteroatoms. The lowest BCUT2D eigenvalue weighted by Gasteiger charge is -2.17. The molecule has 0 radical (unpaired) electrons. The number of cyclic esters (lactones) is 2. The van der Waals surface area contributed by atoms with Crippen molar-refractivity contribution in [3.8, 4) is 46.0 Å². The van der Waals surface area contributed by atoms with E-state index in [9.17, 15) is 89.4 Å². The standard InChI is InChI=1S/C21H26O7.2C20H24O7.C19H22O7/c1-5-6-7-10-16(22)20(24)17(23)11-8-9-14-12-15(26-2)13-18(27-3)19(14)21(25)28-4;1-12-6-4-8-15(21)19(23)16(22)9-5-7-13-10-14(25-2)11-17(26-3)18(13)20(24)27-12;1-4-5-6-9-15(21)19(24)16(22)10-7-8-13-11-14(26-2)12-17(23)18(13)20(25)27-3;1-11-5-3-7-14(20)18(23)15(21)8-4-6-12-9-13(25-2)10-16(22)17(12)19(24)26-11/h5-10,12-13,17,20,23-24H,11H2,1-4H3;4-5,7-8,10-12,16,19,22-23H,6,9H2,1-3H3;4-9,11-12,16,19,22-24H,10H2,1-3H3;3-4,6-7,9-11,15,18,21-23H,5,8H2,1-2H3/b6-5-,9-8+,10-7-;7-5+,8-4-;5-4-,8-7+,9-6-;6-4+,7-3-/t17-,20+;12-,16-,19+;16-,19+;11-,15-,18+/m0000/s1. The summed E-state index contributed by atoms with van der Waals surface area (Å²) in [5.74, 6) is -3.48. The van der Waals surface area contributed by atoms with E-state index in [1.165, 1.54) is 154 Å². The summed E-state index contributed by atoms with van der Waals surface area (Å²) in [5.41, 5.74) is 1.90. The molecule has 0 bridgehead atoms. The topological polar surface area (TPSA) is 431 Å². The zero-order chi connectivity index (χ0) is 80.7. The fraction of sp³-hybridized carbons (Fsp3) is 0.350. The number of allylic oxidation sites excluding steroid dienone is 6. The summed E-state index contributed by atoms with van der Waals surface area (Å²) in [5, 5.41) is 99.7. The maximum Gasteiger partial charge on any atom is 0.342 e. The Morgan fingerprint density at radius 2 is 0.833 bits per heavy atom. The first-order valence-corrected chi connectivity index (χ1v) is 33.5. The zero-order valence-corrected chi connectivity index (χ0v) is 62.0. The van der Waals surface area contributed by atoms with Crippen LogP contribution in [0, 0.1) is 0 Å². The molecular weight excluding hydrogens is 1410 g/mol. The molecule has 4 aromatic carbocycles. The van der Waals surface area contributed by atoms with Gasteiger partial charge in [0.2, 0.25) is 0 Å². The van der Waals surface area contributed by atoms with E-state index in [0.717, 1.165) is 6.08 Å². The highest BCUT2D eigenvalue weighted by Gasteiger charge is 2.29. The van der Waals surface area contributed by atoms with Gasteiger partial charge in [0.05, 0.1) is 81.3 Å². The Kier molecular flexibility index (Phi) is 40.1. The lowest BCUT2D eigenvalue weighted by Crippen LogP contribution is -2.32. The molecule has 108 heavy (non-hydrogen) atoms. The summed E-state index contributed by atoms with van der Waals surface area (Å²) in [7, 11) is 11.1. The number of carbonyl (C=O) groups excluding carboxylic acids is 8. The molecule has 0 fully saturated rings. The fourth-order valence-electron chi connectivity index (χ4n) is 9.73. The predicted molar refractivity (Wildman–Crippen MR) is 399 cm³/mol. The molecule has 0 amide bonds. The van der Waals surface area contributed by atoms with Crippen LogP contribution in [-0.2, 0) is 38.1 Å². The minimum atomic E-state index is -1.57. The molecule has 4 aromatic rings. The minimum Gasteiger partial charge on any atom is -0.507 e. The van der Waals surface area contributed by atoms with Crippen molar-refractivity contribution >= 4 is 71.3 Å². The lowest BCUT2D eigenvalue weighted by molar-refractivity contribution is -0.128. The third-order valence-corrected chi connectivity index (χ3v) is 15.6. The summed E-state index contributed by atoms with van der Waals surface area (Å²) < 4.78 is 51.3. The number of fused-ring (bicyclic) bond motifs is 2. The van der Waals surface area contributed by atoms with E-state index in [1.54, 1.807) is 94.5 Å². The summed E-state index contributed by atoms with van der Waals surface area (Å²) in [6.45, 7) is 6.90. The number of aromatic hydroxyl groups is 2. The van der Waals surface area contributed by atoms with E-state index in [4.69, 9.17) is 42.6 Å². The van der Waals surface area contributed by atoms with E-state index in [0.29, 0.717) is 51.0 Å². The average molecular weight is 1510 g/mol. The highest BCUT2D eigenvalue weighted by atomic mass is 16.6. The Hall–Kier alpha value is -11.1. The molecule has 2 aliphatic rings. The molecule has 0 spiro atoms. The minimum absolute atomic E-state index is 0.00942. The highest BCUT2D eigenvalue weighted by molar-refractivity contribution is 6.00. The van der Waals surface area contributed by atoms with Crippen molar-refractivity contribution in [1.82, 2.24) is 0 Å². The van der Waals surface area contributed by atoms with E-state index in [-0.39, 0.29) is 78.0 Å². The number of rotatable bonds is 22. The van der Waals surface area contributed by atoms with Gasteiger partial charge in [-0.2, -0.15) is 0 Å². The van der Waals surface area contributed by atoms with E-state index < -0.39 is 108 Å². The van der Waals surface area contributed by atoms with Crippen LogP contribution in [0.3, 0.4) is 0 Å². The van der Waals surface area contributed by atoms with Gasteiger partial charge in [-0.1, -0.05) is 97.2 Å². The molecule has 10 N–H and O–H groups in total. The smallest absolute Gasteiger partial charge is 0.342 e. The predicted octanol–water partition coefficient (Wildman–Crippen LogP) is 7.83. The lowest BCUT2D eigenvalue weighted by atomic mass is 10.0. The van der Waals surface area contributed by atoms with Crippen LogP contribution < -0.4 is 28.4 Å². The Morgan fingerprint density at radius 3 is 1.26 bits per heavy atom. The molecule has 0 saturated heterocycles. The molecule has 10 atom stereocenters. The summed E-state index contributed by atoms with van der Waals surface area (Å²) in [6, 6.07) is 12.0. The van der Waals surface area contributed by atoms with Gasteiger partial charge in [0.25, 0.3) is 0 Å². The summed E-state index contributed by atoms with van der Waals surface area (Å²) in [4.78, 5) is 96.3. The number of carbonyl (C=O) groups is 8. The van der Waals surface area contributed by atoms with E-state index in [1.807, 2.05) is 0 Å². The van der Waals surface area contributed by atoms with Gasteiger partial charge in [0.15, 0.2) is 23.1 Å². The van der Waals surface area contributed by atoms with Crippen LogP contribution in [0.25, 0.3) is 24.3 Å².